The SMILES string of the molecule is CO[C@H]1[C@@H](OP(=O)(O)OC[C@H]2OC[C@@](O)(n3cnc4c(=O)[nH]cnc43)[C@@H]2O)[C@H](n2cnc3c(=O)[nH]c(N)nc32)O[C@@H]1CO. The molecular weight excluding hydrogens is 601 g/mol. The first-order chi connectivity index (χ1) is 20.5. The molecule has 2 saturated heterocycles. The lowest BCUT2D eigenvalue weighted by Crippen LogP contribution is -2.47. The highest BCUT2D eigenvalue weighted by atomic mass is 31.2. The third kappa shape index (κ3) is 4.94. The molecule has 21 nitrogen and oxygen atoms in total. The van der Waals surface area contributed by atoms with Crippen molar-refractivity contribution < 1.29 is 48.0 Å². The van der Waals surface area contributed by atoms with Crippen molar-refractivity contribution >= 4 is 36.1 Å². The highest BCUT2D eigenvalue weighted by Crippen LogP contribution is 2.50. The average molecular weight is 627 g/mol. The van der Waals surface area contributed by atoms with E-state index >= 15 is 0 Å². The molecule has 8 atom stereocenters. The largest absolute Gasteiger partial charge is 0.472 e. The van der Waals surface area contributed by atoms with Gasteiger partial charge in [0.1, 0.15) is 30.5 Å². The van der Waals surface area contributed by atoms with E-state index < -0.39 is 81.2 Å². The number of aromatic nitrogens is 8. The summed E-state index contributed by atoms with van der Waals surface area (Å²) in [5, 5.41) is 31.9. The number of anilines is 1. The molecule has 8 N–H and O–H groups in total. The predicted octanol–water partition coefficient (Wildman–Crippen LogP) is -3.35. The van der Waals surface area contributed by atoms with Gasteiger partial charge in [-0.1, -0.05) is 0 Å². The Morgan fingerprint density at radius 3 is 2.65 bits per heavy atom. The van der Waals surface area contributed by atoms with Crippen molar-refractivity contribution in [2.45, 2.75) is 42.5 Å². The van der Waals surface area contributed by atoms with Crippen molar-refractivity contribution in [3.05, 3.63) is 39.7 Å². The summed E-state index contributed by atoms with van der Waals surface area (Å²) in [5.74, 6) is -0.228. The molecule has 0 radical (unpaired) electrons. The lowest BCUT2D eigenvalue weighted by Gasteiger charge is -2.28. The lowest BCUT2D eigenvalue weighted by molar-refractivity contribution is -0.110. The summed E-state index contributed by atoms with van der Waals surface area (Å²) < 4.78 is 42.6. The van der Waals surface area contributed by atoms with E-state index in [1.54, 1.807) is 0 Å². The van der Waals surface area contributed by atoms with Gasteiger partial charge in [-0.25, -0.2) is 19.5 Å². The predicted molar refractivity (Wildman–Crippen MR) is 139 cm³/mol. The van der Waals surface area contributed by atoms with Gasteiger partial charge in [0.2, 0.25) is 5.95 Å². The quantitative estimate of drug-likeness (QED) is 0.0891. The summed E-state index contributed by atoms with van der Waals surface area (Å²) in [6.07, 6.45) is -4.58. The van der Waals surface area contributed by atoms with Gasteiger partial charge in [-0.3, -0.25) is 32.8 Å². The smallest absolute Gasteiger partial charge is 0.394 e. The topological polar surface area (TPSA) is 297 Å². The van der Waals surface area contributed by atoms with Crippen LogP contribution in [0.15, 0.2) is 28.6 Å². The fraction of sp³-hybridized carbons (Fsp3) is 0.524. The van der Waals surface area contributed by atoms with Gasteiger partial charge in [-0.15, -0.1) is 0 Å². The van der Waals surface area contributed by atoms with Crippen molar-refractivity contribution in [2.75, 3.05) is 32.7 Å². The van der Waals surface area contributed by atoms with Gasteiger partial charge >= 0.3 is 7.82 Å². The summed E-state index contributed by atoms with van der Waals surface area (Å²) in [5.41, 5.74) is 2.04. The number of nitrogen functional groups attached to an aromatic ring is 1. The Bertz CT molecular complexity index is 1820. The Hall–Kier alpha value is -3.63. The number of rotatable bonds is 9. The molecule has 2 aliphatic heterocycles. The van der Waals surface area contributed by atoms with Gasteiger partial charge in [0.25, 0.3) is 11.1 Å². The van der Waals surface area contributed by atoms with E-state index in [1.165, 1.54) is 18.0 Å². The second kappa shape index (κ2) is 10.8. The number of phosphoric acid groups is 1. The number of fused-ring (bicyclic) bond motifs is 2. The molecule has 0 spiro atoms. The minimum atomic E-state index is -5.01. The van der Waals surface area contributed by atoms with Crippen molar-refractivity contribution in [1.29, 1.82) is 0 Å². The molecule has 22 heteroatoms. The maximum atomic E-state index is 13.1. The molecule has 43 heavy (non-hydrogen) atoms. The molecule has 0 amide bonds. The number of imidazole rings is 2. The number of nitrogens with one attached hydrogen (secondary N) is 2. The van der Waals surface area contributed by atoms with Crippen molar-refractivity contribution in [3.63, 3.8) is 0 Å². The normalized spacial score (nSPS) is 30.8. The number of aliphatic hydroxyl groups excluding tert-OH is 2. The number of nitrogens with zero attached hydrogens (tertiary/aromatic N) is 6. The van der Waals surface area contributed by atoms with Crippen LogP contribution in [0.4, 0.5) is 5.95 Å². The highest BCUT2D eigenvalue weighted by molar-refractivity contribution is 7.47. The van der Waals surface area contributed by atoms with Gasteiger partial charge in [0.15, 0.2) is 34.3 Å². The second-order valence-corrected chi connectivity index (χ2v) is 11.2. The first kappa shape index (κ1) is 29.4. The Kier molecular flexibility index (Phi) is 7.41. The van der Waals surface area contributed by atoms with Crippen LogP contribution >= 0.6 is 7.82 Å². The second-order valence-electron chi connectivity index (χ2n) is 9.75. The number of ether oxygens (including phenoxy) is 3. The van der Waals surface area contributed by atoms with E-state index in [-0.39, 0.29) is 28.3 Å². The zero-order valence-electron chi connectivity index (χ0n) is 22.1. The van der Waals surface area contributed by atoms with Gasteiger partial charge in [-0.05, 0) is 0 Å². The lowest BCUT2D eigenvalue weighted by atomic mass is 10.1. The molecule has 232 valence electrons. The van der Waals surface area contributed by atoms with Crippen LogP contribution in [0.2, 0.25) is 0 Å². The Morgan fingerprint density at radius 1 is 1.16 bits per heavy atom. The maximum Gasteiger partial charge on any atom is 0.472 e. The molecule has 0 saturated carbocycles. The van der Waals surface area contributed by atoms with E-state index in [1.807, 2.05) is 0 Å². The number of nitrogens with two attached hydrogens (primary N) is 1. The monoisotopic (exact) mass is 627 g/mol. The zero-order valence-corrected chi connectivity index (χ0v) is 23.0. The van der Waals surface area contributed by atoms with Crippen LogP contribution in [-0.4, -0.2) is 117 Å². The number of H-pyrrole nitrogens is 2. The van der Waals surface area contributed by atoms with E-state index in [4.69, 9.17) is 29.0 Å². The molecule has 0 bridgehead atoms. The third-order valence-electron chi connectivity index (χ3n) is 7.21. The number of aromatic amines is 2. The summed E-state index contributed by atoms with van der Waals surface area (Å²) in [6.45, 7) is -1.82. The van der Waals surface area contributed by atoms with Crippen LogP contribution in [0, 0.1) is 0 Å². The van der Waals surface area contributed by atoms with E-state index in [0.717, 1.165) is 17.2 Å². The fourth-order valence-corrected chi connectivity index (χ4v) is 6.07. The number of hydrogen-bond donors (Lipinski definition) is 7. The van der Waals surface area contributed by atoms with Crippen LogP contribution in [-0.2, 0) is 33.5 Å². The zero-order chi connectivity index (χ0) is 30.7. The molecule has 0 aromatic carbocycles. The van der Waals surface area contributed by atoms with Gasteiger partial charge < -0.3 is 45.1 Å². The van der Waals surface area contributed by atoms with E-state index in [9.17, 15) is 34.4 Å². The first-order valence-corrected chi connectivity index (χ1v) is 14.1. The van der Waals surface area contributed by atoms with Crippen LogP contribution in [0.3, 0.4) is 0 Å². The highest BCUT2D eigenvalue weighted by Gasteiger charge is 2.53. The van der Waals surface area contributed by atoms with Crippen LogP contribution < -0.4 is 16.9 Å². The van der Waals surface area contributed by atoms with Crippen LogP contribution in [0.1, 0.15) is 6.23 Å². The number of phosphoric ester groups is 1. The molecule has 1 unspecified atom stereocenters. The van der Waals surface area contributed by atoms with Crippen molar-refractivity contribution in [2.24, 2.45) is 0 Å². The third-order valence-corrected chi connectivity index (χ3v) is 8.20. The van der Waals surface area contributed by atoms with Crippen molar-refractivity contribution in [3.8, 4) is 0 Å². The Morgan fingerprint density at radius 2 is 1.91 bits per heavy atom. The summed E-state index contributed by atoms with van der Waals surface area (Å²) >= 11 is 0. The number of methoxy groups -OCH3 is 1. The maximum absolute atomic E-state index is 13.1. The molecule has 4 aromatic rings. The minimum absolute atomic E-state index is 0.0341. The van der Waals surface area contributed by atoms with E-state index in [0.29, 0.717) is 0 Å². The molecule has 6 heterocycles. The average Bonchev–Trinajstić information content (AvgIpc) is 3.72. The number of aliphatic hydroxyl groups is 3. The minimum Gasteiger partial charge on any atom is -0.394 e. The standard InChI is InChI=1S/C21H26N9O12P/c1-38-12-8(2-31)41-19(29-6-25-11-16(29)27-20(22)28-18(11)34)13(12)42-43(36,37)40-3-9-14(32)21(35,4-39-9)30-7-26-10-15(30)23-5-24-17(10)33/h5-9,12-14,19,31-32,35H,2-4H2,1H3,(H,36,37)(H,23,24,33)(H3,22,27,28,34)/t8-,9-,12-,13-,14-,19-,21+/m1/s1. The molecule has 2 aliphatic rings. The van der Waals surface area contributed by atoms with Gasteiger partial charge in [0, 0.05) is 7.11 Å². The molecule has 4 aromatic heterocycles. The first-order valence-electron chi connectivity index (χ1n) is 12.6. The summed E-state index contributed by atoms with van der Waals surface area (Å²) in [6, 6.07) is 0. The van der Waals surface area contributed by atoms with Gasteiger partial charge in [0.05, 0.1) is 38.8 Å². The Balaban J connectivity index is 1.21. The number of hydrogen-bond acceptors (Lipinski definition) is 16. The van der Waals surface area contributed by atoms with Crippen molar-refractivity contribution in [1.82, 2.24) is 39.0 Å². The van der Waals surface area contributed by atoms with Gasteiger partial charge in [-0.2, -0.15) is 4.98 Å². The molecule has 6 rings (SSSR count). The fourth-order valence-electron chi connectivity index (χ4n) is 5.14. The Labute approximate surface area is 238 Å². The van der Waals surface area contributed by atoms with E-state index in [2.05, 4.69) is 29.9 Å². The molecule has 2 fully saturated rings. The summed E-state index contributed by atoms with van der Waals surface area (Å²) in [4.78, 5) is 55.5. The molecule has 0 aliphatic carbocycles. The summed E-state index contributed by atoms with van der Waals surface area (Å²) in [7, 11) is -3.75. The van der Waals surface area contributed by atoms with Crippen LogP contribution in [0.25, 0.3) is 22.3 Å². The molecular formula is C21H26N9O12P. The van der Waals surface area contributed by atoms with Crippen LogP contribution in [0.5, 0.6) is 0 Å².